The molecule has 0 spiro atoms. The van der Waals surface area contributed by atoms with Crippen molar-refractivity contribution >= 4 is 22.2 Å². The summed E-state index contributed by atoms with van der Waals surface area (Å²) in [6.07, 6.45) is 0. The van der Waals surface area contributed by atoms with E-state index in [4.69, 9.17) is 12.2 Å². The average molecular weight is 531 g/mol. The summed E-state index contributed by atoms with van der Waals surface area (Å²) in [6, 6.07) is 31.5. The van der Waals surface area contributed by atoms with E-state index in [0.717, 1.165) is 11.1 Å². The number of nitrogens with one attached hydrogen (secondary N) is 1. The molecule has 37 heavy (non-hydrogen) atoms. The Bertz CT molecular complexity index is 1610. The minimum absolute atomic E-state index is 0.168. The normalized spacial score (nSPS) is 11.6. The predicted octanol–water partition coefficient (Wildman–Crippen LogP) is 6.13. The Balaban J connectivity index is 1.49. The zero-order valence-corrected chi connectivity index (χ0v) is 21.3. The molecule has 4 aromatic carbocycles. The second kappa shape index (κ2) is 10.6. The molecule has 0 aliphatic carbocycles. The number of benzene rings is 4. The van der Waals surface area contributed by atoms with Crippen molar-refractivity contribution in [2.75, 3.05) is 0 Å². The highest BCUT2D eigenvalue weighted by Gasteiger charge is 2.25. The number of halogens is 1. The summed E-state index contributed by atoms with van der Waals surface area (Å²) in [6.45, 7) is 0.475. The molecule has 1 heterocycles. The van der Waals surface area contributed by atoms with Crippen LogP contribution >= 0.6 is 12.2 Å². The van der Waals surface area contributed by atoms with E-state index in [2.05, 4.69) is 10.2 Å². The number of hydrogen-bond acceptors (Lipinski definition) is 4. The Morgan fingerprint density at radius 3 is 1.86 bits per heavy atom. The van der Waals surface area contributed by atoms with Gasteiger partial charge in [-0.3, -0.25) is 9.67 Å². The topological polar surface area (TPSA) is 71.0 Å². The first-order valence-corrected chi connectivity index (χ1v) is 13.4. The second-order valence-electron chi connectivity index (χ2n) is 8.43. The first kappa shape index (κ1) is 24.8. The van der Waals surface area contributed by atoms with E-state index in [1.165, 1.54) is 16.4 Å². The van der Waals surface area contributed by atoms with Crippen molar-refractivity contribution in [2.45, 2.75) is 18.0 Å². The van der Waals surface area contributed by atoms with Gasteiger partial charge in [-0.15, -0.1) is 0 Å². The van der Waals surface area contributed by atoms with E-state index in [9.17, 15) is 12.8 Å². The minimum atomic E-state index is -3.83. The fourth-order valence-electron chi connectivity index (χ4n) is 4.05. The van der Waals surface area contributed by atoms with Gasteiger partial charge >= 0.3 is 0 Å². The van der Waals surface area contributed by atoms with Crippen molar-refractivity contribution < 1.29 is 12.8 Å². The zero-order chi connectivity index (χ0) is 25.8. The van der Waals surface area contributed by atoms with Crippen LogP contribution in [0.1, 0.15) is 11.1 Å². The lowest BCUT2D eigenvalue weighted by Gasteiger charge is -2.23. The van der Waals surface area contributed by atoms with E-state index in [1.54, 1.807) is 41.0 Å². The molecule has 0 unspecified atom stereocenters. The van der Waals surface area contributed by atoms with Crippen LogP contribution in [0.5, 0.6) is 0 Å². The largest absolute Gasteiger partial charge is 0.268 e. The fraction of sp³-hybridized carbons (Fsp3) is 0.0714. The molecule has 9 heteroatoms. The van der Waals surface area contributed by atoms with Crippen molar-refractivity contribution in [1.82, 2.24) is 19.1 Å². The average Bonchev–Trinajstić information content (AvgIpc) is 3.31. The molecule has 5 rings (SSSR count). The van der Waals surface area contributed by atoms with Crippen LogP contribution in [0.4, 0.5) is 4.39 Å². The van der Waals surface area contributed by atoms with Crippen LogP contribution in [0, 0.1) is 10.6 Å². The lowest BCUT2D eigenvalue weighted by atomic mass is 10.2. The van der Waals surface area contributed by atoms with E-state index in [0.29, 0.717) is 21.8 Å². The lowest BCUT2D eigenvalue weighted by molar-refractivity contribution is 0.401. The number of aromatic amines is 1. The van der Waals surface area contributed by atoms with Crippen LogP contribution in [0.3, 0.4) is 0 Å². The molecular formula is C28H23FN4O2S2. The highest BCUT2D eigenvalue weighted by molar-refractivity contribution is 7.89. The van der Waals surface area contributed by atoms with Gasteiger partial charge in [0.05, 0.1) is 10.6 Å². The number of sulfonamides is 1. The van der Waals surface area contributed by atoms with Gasteiger partial charge in [0.1, 0.15) is 5.82 Å². The van der Waals surface area contributed by atoms with Gasteiger partial charge < -0.3 is 0 Å². The molecule has 0 fully saturated rings. The van der Waals surface area contributed by atoms with E-state index in [-0.39, 0.29) is 23.8 Å². The van der Waals surface area contributed by atoms with E-state index in [1.807, 2.05) is 60.7 Å². The maximum atomic E-state index is 13.8. The summed E-state index contributed by atoms with van der Waals surface area (Å²) in [5.74, 6) is 0.143. The molecule has 0 aliphatic rings. The van der Waals surface area contributed by atoms with Gasteiger partial charge in [-0.2, -0.15) is 9.40 Å². The molecule has 0 saturated heterocycles. The summed E-state index contributed by atoms with van der Waals surface area (Å²) < 4.78 is 44.4. The molecule has 0 radical (unpaired) electrons. The van der Waals surface area contributed by atoms with Crippen LogP contribution in [0.2, 0.25) is 0 Å². The SMILES string of the molecule is O=S(=O)(c1ccc(-n2c(-c3ccc(F)cc3)n[nH]c2=S)cc1)N(Cc1ccccc1)Cc1ccccc1. The minimum Gasteiger partial charge on any atom is -0.268 e. The van der Waals surface area contributed by atoms with Crippen LogP contribution in [-0.4, -0.2) is 27.5 Å². The molecule has 0 bridgehead atoms. The molecule has 6 nitrogen and oxygen atoms in total. The third-order valence-electron chi connectivity index (χ3n) is 5.91. The molecule has 0 atom stereocenters. The Kier molecular flexibility index (Phi) is 7.09. The van der Waals surface area contributed by atoms with Crippen molar-refractivity contribution in [2.24, 2.45) is 0 Å². The zero-order valence-electron chi connectivity index (χ0n) is 19.7. The second-order valence-corrected chi connectivity index (χ2v) is 10.8. The Labute approximate surface area is 219 Å². The van der Waals surface area contributed by atoms with Gasteiger partial charge in [-0.25, -0.2) is 12.8 Å². The summed E-state index contributed by atoms with van der Waals surface area (Å²) >= 11 is 5.42. The molecule has 0 aliphatic heterocycles. The van der Waals surface area contributed by atoms with Gasteiger partial charge in [0.2, 0.25) is 10.0 Å². The summed E-state index contributed by atoms with van der Waals surface area (Å²) in [5.41, 5.74) is 3.09. The van der Waals surface area contributed by atoms with E-state index >= 15 is 0 Å². The quantitative estimate of drug-likeness (QED) is 0.245. The number of rotatable bonds is 8. The maximum Gasteiger partial charge on any atom is 0.243 e. The molecule has 186 valence electrons. The molecule has 0 saturated carbocycles. The van der Waals surface area contributed by atoms with Crippen LogP contribution < -0.4 is 0 Å². The third kappa shape index (κ3) is 5.43. The first-order valence-electron chi connectivity index (χ1n) is 11.5. The Morgan fingerprint density at radius 2 is 1.32 bits per heavy atom. The van der Waals surface area contributed by atoms with Crippen molar-refractivity contribution in [3.63, 3.8) is 0 Å². The summed E-state index contributed by atoms with van der Waals surface area (Å²) in [4.78, 5) is 0.168. The molecular weight excluding hydrogens is 507 g/mol. The van der Waals surface area contributed by atoms with Gasteiger partial charge in [0, 0.05) is 18.7 Å². The number of hydrogen-bond donors (Lipinski definition) is 1. The van der Waals surface area contributed by atoms with Crippen LogP contribution in [0.15, 0.2) is 114 Å². The highest BCUT2D eigenvalue weighted by Crippen LogP contribution is 2.25. The maximum absolute atomic E-state index is 13.8. The monoisotopic (exact) mass is 530 g/mol. The van der Waals surface area contributed by atoms with Crippen LogP contribution in [0.25, 0.3) is 17.1 Å². The predicted molar refractivity (Wildman–Crippen MR) is 143 cm³/mol. The summed E-state index contributed by atoms with van der Waals surface area (Å²) in [7, 11) is -3.83. The van der Waals surface area contributed by atoms with E-state index < -0.39 is 10.0 Å². The van der Waals surface area contributed by atoms with Crippen molar-refractivity contribution in [1.29, 1.82) is 0 Å². The Hall–Kier alpha value is -3.92. The number of nitrogens with zero attached hydrogens (tertiary/aromatic N) is 3. The summed E-state index contributed by atoms with van der Waals surface area (Å²) in [5, 5.41) is 7.04. The smallest absolute Gasteiger partial charge is 0.243 e. The Morgan fingerprint density at radius 1 is 0.784 bits per heavy atom. The fourth-order valence-corrected chi connectivity index (χ4v) is 5.70. The van der Waals surface area contributed by atoms with Crippen molar-refractivity contribution in [3.8, 4) is 17.1 Å². The standard InChI is InChI=1S/C28H23FN4O2S2/c29-24-13-11-23(12-14-24)27-30-31-28(36)33(27)25-15-17-26(18-16-25)37(34,35)32(19-21-7-3-1-4-8-21)20-22-9-5-2-6-10-22/h1-18H,19-20H2,(H,31,36). The van der Waals surface area contributed by atoms with Crippen LogP contribution in [-0.2, 0) is 23.1 Å². The van der Waals surface area contributed by atoms with Crippen molar-refractivity contribution in [3.05, 3.63) is 131 Å². The molecule has 1 aromatic heterocycles. The molecule has 5 aromatic rings. The highest BCUT2D eigenvalue weighted by atomic mass is 32.2. The van der Waals surface area contributed by atoms with Gasteiger partial charge in [-0.1, -0.05) is 60.7 Å². The lowest BCUT2D eigenvalue weighted by Crippen LogP contribution is -2.30. The van der Waals surface area contributed by atoms with Gasteiger partial charge in [0.15, 0.2) is 10.6 Å². The van der Waals surface area contributed by atoms with Gasteiger partial charge in [0.25, 0.3) is 0 Å². The molecule has 0 amide bonds. The third-order valence-corrected chi connectivity index (χ3v) is 7.99. The number of H-pyrrole nitrogens is 1. The molecule has 1 N–H and O–H groups in total. The number of aromatic nitrogens is 3. The van der Waals surface area contributed by atoms with Gasteiger partial charge in [-0.05, 0) is 71.9 Å². The first-order chi connectivity index (χ1) is 17.9.